The molecule has 0 radical (unpaired) electrons. The van der Waals surface area contributed by atoms with Crippen LogP contribution >= 0.6 is 0 Å². The minimum absolute atomic E-state index is 0.660. The Bertz CT molecular complexity index is 234. The molecule has 3 atom stereocenters. The Balaban J connectivity index is 2.06. The Hall–Kier alpha value is -0.260. The second-order valence-corrected chi connectivity index (χ2v) is 5.10. The van der Waals surface area contributed by atoms with Gasteiger partial charge in [-0.2, -0.15) is 0 Å². The first-order chi connectivity index (χ1) is 5.21. The van der Waals surface area contributed by atoms with Crippen molar-refractivity contribution < 1.29 is 0 Å². The average Bonchev–Trinajstić information content (AvgIpc) is 2.54. The molecule has 60 valence electrons. The summed E-state index contributed by atoms with van der Waals surface area (Å²) in [6.07, 6.45) is 6.86. The Kier molecular flexibility index (Phi) is 0.898. The van der Waals surface area contributed by atoms with Crippen LogP contribution in [0.25, 0.3) is 0 Å². The molecule has 0 aromatic carbocycles. The van der Waals surface area contributed by atoms with E-state index in [9.17, 15) is 0 Å². The molecule has 0 heteroatoms. The van der Waals surface area contributed by atoms with Gasteiger partial charge in [0, 0.05) is 0 Å². The van der Waals surface area contributed by atoms with Crippen LogP contribution < -0.4 is 0 Å². The van der Waals surface area contributed by atoms with Gasteiger partial charge < -0.3 is 0 Å². The molecule has 0 aliphatic heterocycles. The molecule has 1 unspecified atom stereocenters. The normalized spacial score (nSPS) is 50.0. The summed E-state index contributed by atoms with van der Waals surface area (Å²) in [7, 11) is 0. The molecule has 0 nitrogen and oxygen atoms in total. The molecular weight excluding hydrogens is 132 g/mol. The van der Waals surface area contributed by atoms with Gasteiger partial charge in [0.15, 0.2) is 0 Å². The van der Waals surface area contributed by atoms with E-state index in [0.717, 1.165) is 17.8 Å². The topological polar surface area (TPSA) is 0 Å². The zero-order valence-corrected chi connectivity index (χ0v) is 7.43. The van der Waals surface area contributed by atoms with Gasteiger partial charge in [0.1, 0.15) is 0 Å². The number of hydrogen-bond donors (Lipinski definition) is 0. The summed E-state index contributed by atoms with van der Waals surface area (Å²) in [6.45, 7) is 4.96. The number of rotatable bonds is 0. The van der Waals surface area contributed by atoms with E-state index in [4.69, 9.17) is 0 Å². The molecule has 3 aliphatic carbocycles. The lowest BCUT2D eigenvalue weighted by atomic mass is 9.76. The van der Waals surface area contributed by atoms with E-state index in [1.54, 1.807) is 0 Å². The maximum atomic E-state index is 2.53. The van der Waals surface area contributed by atoms with Crippen LogP contribution in [0.4, 0.5) is 0 Å². The van der Waals surface area contributed by atoms with E-state index >= 15 is 0 Å². The minimum Gasteiger partial charge on any atom is -0.0847 e. The molecule has 0 saturated heterocycles. The van der Waals surface area contributed by atoms with E-state index in [-0.39, 0.29) is 0 Å². The number of allylic oxidation sites excluding steroid dienone is 2. The molecule has 0 heterocycles. The molecule has 0 amide bonds. The third-order valence-corrected chi connectivity index (χ3v) is 4.31. The maximum Gasteiger partial charge on any atom is -0.0143 e. The highest BCUT2D eigenvalue weighted by molar-refractivity contribution is 5.33. The minimum atomic E-state index is 0.660. The molecule has 11 heavy (non-hydrogen) atoms. The van der Waals surface area contributed by atoms with Crippen LogP contribution in [-0.2, 0) is 0 Å². The first-order valence-corrected chi connectivity index (χ1v) is 4.91. The zero-order valence-electron chi connectivity index (χ0n) is 7.43. The zero-order chi connectivity index (χ0) is 7.64. The molecule has 0 aromatic heterocycles. The summed E-state index contributed by atoms with van der Waals surface area (Å²) in [5.74, 6) is 3.09. The molecule has 3 aliphatic rings. The lowest BCUT2D eigenvalue weighted by Gasteiger charge is -2.28. The van der Waals surface area contributed by atoms with Crippen LogP contribution in [-0.4, -0.2) is 0 Å². The molecule has 0 N–H and O–H groups in total. The summed E-state index contributed by atoms with van der Waals surface area (Å²) >= 11 is 0. The third kappa shape index (κ3) is 0.579. The Labute approximate surface area is 68.7 Å². The summed E-state index contributed by atoms with van der Waals surface area (Å²) in [6, 6.07) is 0. The van der Waals surface area contributed by atoms with E-state index in [0.29, 0.717) is 5.41 Å². The Morgan fingerprint density at radius 1 is 1.45 bits per heavy atom. The predicted molar refractivity (Wildman–Crippen MR) is 46.2 cm³/mol. The van der Waals surface area contributed by atoms with Crippen LogP contribution in [0.5, 0.6) is 0 Å². The van der Waals surface area contributed by atoms with Crippen LogP contribution in [0.3, 0.4) is 0 Å². The van der Waals surface area contributed by atoms with Gasteiger partial charge in [-0.3, -0.25) is 0 Å². The number of hydrogen-bond acceptors (Lipinski definition) is 0. The predicted octanol–water partition coefficient (Wildman–Crippen LogP) is 3.00. The monoisotopic (exact) mass is 148 g/mol. The first kappa shape index (κ1) is 6.28. The Morgan fingerprint density at radius 3 is 3.00 bits per heavy atom. The molecule has 2 saturated carbocycles. The van der Waals surface area contributed by atoms with Crippen LogP contribution in [0.2, 0.25) is 0 Å². The van der Waals surface area contributed by atoms with Crippen molar-refractivity contribution >= 4 is 0 Å². The molecule has 0 spiro atoms. The highest BCUT2D eigenvalue weighted by Crippen LogP contribution is 2.69. The number of fused-ring (bicyclic) bond motifs is 3. The highest BCUT2D eigenvalue weighted by Gasteiger charge is 2.61. The largest absolute Gasteiger partial charge is 0.0847 e. The average molecular weight is 148 g/mol. The van der Waals surface area contributed by atoms with Gasteiger partial charge in [0.05, 0.1) is 0 Å². The fourth-order valence-electron chi connectivity index (χ4n) is 3.58. The summed E-state index contributed by atoms with van der Waals surface area (Å²) in [4.78, 5) is 0. The van der Waals surface area contributed by atoms with Gasteiger partial charge in [-0.05, 0) is 42.4 Å². The maximum absolute atomic E-state index is 2.53. The summed E-state index contributed by atoms with van der Waals surface area (Å²) in [5.41, 5.74) is 2.51. The van der Waals surface area contributed by atoms with E-state index in [2.05, 4.69) is 19.9 Å². The van der Waals surface area contributed by atoms with Gasteiger partial charge in [0.2, 0.25) is 0 Å². The molecular formula is C11H16. The molecule has 0 aromatic rings. The van der Waals surface area contributed by atoms with E-state index < -0.39 is 0 Å². The summed E-state index contributed by atoms with van der Waals surface area (Å²) in [5, 5.41) is 0. The van der Waals surface area contributed by atoms with Gasteiger partial charge in [-0.1, -0.05) is 25.5 Å². The quantitative estimate of drug-likeness (QED) is 0.463. The van der Waals surface area contributed by atoms with Crippen LogP contribution in [0.1, 0.15) is 33.1 Å². The van der Waals surface area contributed by atoms with Crippen molar-refractivity contribution in [3.8, 4) is 0 Å². The van der Waals surface area contributed by atoms with Gasteiger partial charge in [-0.25, -0.2) is 0 Å². The van der Waals surface area contributed by atoms with Gasteiger partial charge in [0.25, 0.3) is 0 Å². The van der Waals surface area contributed by atoms with Crippen LogP contribution in [0.15, 0.2) is 11.6 Å². The standard InChI is InChI=1S/C11H16/c1-11(2)9-5-3-4-7(9)8-6-10(8)11/h4,8-10H,3,5-6H2,1-2H3/t8-,9+,10?/m1/s1. The summed E-state index contributed by atoms with van der Waals surface area (Å²) < 4.78 is 0. The Morgan fingerprint density at radius 2 is 2.27 bits per heavy atom. The molecule has 2 fully saturated rings. The fraction of sp³-hybridized carbons (Fsp3) is 0.818. The van der Waals surface area contributed by atoms with Crippen molar-refractivity contribution in [2.75, 3.05) is 0 Å². The van der Waals surface area contributed by atoms with Gasteiger partial charge in [-0.15, -0.1) is 0 Å². The van der Waals surface area contributed by atoms with Crippen LogP contribution in [0, 0.1) is 23.2 Å². The van der Waals surface area contributed by atoms with E-state index in [1.165, 1.54) is 19.3 Å². The second-order valence-electron chi connectivity index (χ2n) is 5.10. The highest BCUT2D eigenvalue weighted by atomic mass is 14.7. The van der Waals surface area contributed by atoms with Crippen molar-refractivity contribution in [3.05, 3.63) is 11.6 Å². The first-order valence-electron chi connectivity index (χ1n) is 4.91. The van der Waals surface area contributed by atoms with E-state index in [1.807, 2.05) is 5.57 Å². The fourth-order valence-corrected chi connectivity index (χ4v) is 3.58. The smallest absolute Gasteiger partial charge is 0.0143 e. The van der Waals surface area contributed by atoms with Crippen molar-refractivity contribution in [2.24, 2.45) is 23.2 Å². The van der Waals surface area contributed by atoms with Crippen molar-refractivity contribution in [1.29, 1.82) is 0 Å². The van der Waals surface area contributed by atoms with Crippen molar-refractivity contribution in [2.45, 2.75) is 33.1 Å². The lowest BCUT2D eigenvalue weighted by Crippen LogP contribution is -2.21. The molecule has 3 rings (SSSR count). The van der Waals surface area contributed by atoms with Gasteiger partial charge >= 0.3 is 0 Å². The SMILES string of the molecule is CC1(C)C2C[C@@H]2C2=CCC[C@@H]21. The second kappa shape index (κ2) is 1.57. The lowest BCUT2D eigenvalue weighted by molar-refractivity contribution is 0.235. The molecule has 0 bridgehead atoms. The van der Waals surface area contributed by atoms with Crippen molar-refractivity contribution in [1.82, 2.24) is 0 Å². The van der Waals surface area contributed by atoms with Crippen molar-refractivity contribution in [3.63, 3.8) is 0 Å². The third-order valence-electron chi connectivity index (χ3n) is 4.31.